The zero-order chi connectivity index (χ0) is 10.9. The second-order valence-electron chi connectivity index (χ2n) is 5.96. The van der Waals surface area contributed by atoms with E-state index in [2.05, 4.69) is 0 Å². The Balaban J connectivity index is 2.31. The summed E-state index contributed by atoms with van der Waals surface area (Å²) >= 11 is 0. The first-order chi connectivity index (χ1) is 6.19. The van der Waals surface area contributed by atoms with Crippen molar-refractivity contribution < 1.29 is 9.59 Å². The highest BCUT2D eigenvalue weighted by molar-refractivity contribution is 6.10. The minimum Gasteiger partial charge on any atom is -0.277 e. The third-order valence-corrected chi connectivity index (χ3v) is 3.47. The number of imide groups is 1. The van der Waals surface area contributed by atoms with Gasteiger partial charge in [-0.1, -0.05) is 13.8 Å². The van der Waals surface area contributed by atoms with Gasteiger partial charge in [0.25, 0.3) is 0 Å². The first-order valence-electron chi connectivity index (χ1n) is 5.07. The summed E-state index contributed by atoms with van der Waals surface area (Å²) in [5.74, 6) is -0.0431. The number of likely N-dealkylation sites (tertiary alicyclic amines) is 1. The van der Waals surface area contributed by atoms with Gasteiger partial charge in [0, 0.05) is 5.54 Å². The molecule has 2 aliphatic rings. The summed E-state index contributed by atoms with van der Waals surface area (Å²) < 4.78 is 0. The number of hydrogen-bond donors (Lipinski definition) is 0. The van der Waals surface area contributed by atoms with Gasteiger partial charge >= 0.3 is 0 Å². The molecule has 0 aromatic heterocycles. The fourth-order valence-corrected chi connectivity index (χ4v) is 2.61. The lowest BCUT2D eigenvalue weighted by Crippen LogP contribution is -2.48. The fraction of sp³-hybridized carbons (Fsp3) is 0.818. The Morgan fingerprint density at radius 1 is 1.07 bits per heavy atom. The van der Waals surface area contributed by atoms with Crippen molar-refractivity contribution in [2.24, 2.45) is 17.3 Å². The van der Waals surface area contributed by atoms with Crippen LogP contribution in [-0.4, -0.2) is 22.3 Å². The van der Waals surface area contributed by atoms with Crippen molar-refractivity contribution in [3.05, 3.63) is 0 Å². The van der Waals surface area contributed by atoms with Gasteiger partial charge in [0.05, 0.1) is 11.8 Å². The standard InChI is InChI=1S/C11H17NO2/c1-10(2,3)12-8(13)6-7(9(12)14)11(6,4)5/h6-7H,1-5H3/t6-,7?/m0/s1. The first-order valence-corrected chi connectivity index (χ1v) is 5.07. The number of hydrogen-bond acceptors (Lipinski definition) is 2. The van der Waals surface area contributed by atoms with Crippen LogP contribution in [0.1, 0.15) is 34.6 Å². The van der Waals surface area contributed by atoms with Crippen molar-refractivity contribution in [2.45, 2.75) is 40.2 Å². The number of amides is 2. The van der Waals surface area contributed by atoms with Crippen LogP contribution >= 0.6 is 0 Å². The van der Waals surface area contributed by atoms with Gasteiger partial charge in [-0.15, -0.1) is 0 Å². The molecule has 2 atom stereocenters. The van der Waals surface area contributed by atoms with Crippen molar-refractivity contribution in [3.8, 4) is 0 Å². The smallest absolute Gasteiger partial charge is 0.234 e. The minimum absolute atomic E-state index is 0.0255. The van der Waals surface area contributed by atoms with E-state index in [0.717, 1.165) is 0 Å². The molecule has 1 unspecified atom stereocenters. The van der Waals surface area contributed by atoms with E-state index in [1.807, 2.05) is 34.6 Å². The van der Waals surface area contributed by atoms with E-state index in [0.29, 0.717) is 0 Å². The molecule has 2 rings (SSSR count). The van der Waals surface area contributed by atoms with E-state index >= 15 is 0 Å². The number of nitrogens with zero attached hydrogens (tertiary/aromatic N) is 1. The van der Waals surface area contributed by atoms with Crippen LogP contribution in [0.2, 0.25) is 0 Å². The van der Waals surface area contributed by atoms with Gasteiger partial charge < -0.3 is 0 Å². The molecule has 0 bridgehead atoms. The van der Waals surface area contributed by atoms with Crippen LogP contribution in [0.4, 0.5) is 0 Å². The van der Waals surface area contributed by atoms with Crippen molar-refractivity contribution in [2.75, 3.05) is 0 Å². The van der Waals surface area contributed by atoms with E-state index in [1.54, 1.807) is 0 Å². The Kier molecular flexibility index (Phi) is 1.53. The van der Waals surface area contributed by atoms with Crippen LogP contribution in [0.3, 0.4) is 0 Å². The van der Waals surface area contributed by atoms with E-state index in [4.69, 9.17) is 0 Å². The summed E-state index contributed by atoms with van der Waals surface area (Å²) in [6.45, 7) is 9.71. The van der Waals surface area contributed by atoms with Gasteiger partial charge in [-0.3, -0.25) is 14.5 Å². The monoisotopic (exact) mass is 195 g/mol. The highest BCUT2D eigenvalue weighted by Gasteiger charge is 2.73. The molecule has 2 amide bonds. The number of piperidine rings is 1. The van der Waals surface area contributed by atoms with Crippen LogP contribution in [-0.2, 0) is 9.59 Å². The normalized spacial score (nSPS) is 34.8. The molecule has 3 nitrogen and oxygen atoms in total. The largest absolute Gasteiger partial charge is 0.277 e. The van der Waals surface area contributed by atoms with Crippen LogP contribution in [0.25, 0.3) is 0 Å². The van der Waals surface area contributed by atoms with E-state index in [9.17, 15) is 9.59 Å². The Morgan fingerprint density at radius 2 is 1.43 bits per heavy atom. The van der Waals surface area contributed by atoms with Crippen LogP contribution in [0.15, 0.2) is 0 Å². The average molecular weight is 195 g/mol. The van der Waals surface area contributed by atoms with Gasteiger partial charge in [-0.25, -0.2) is 0 Å². The molecular formula is C11H17NO2. The fourth-order valence-electron chi connectivity index (χ4n) is 2.61. The van der Waals surface area contributed by atoms with Crippen molar-refractivity contribution in [3.63, 3.8) is 0 Å². The van der Waals surface area contributed by atoms with Gasteiger partial charge in [-0.05, 0) is 26.2 Å². The maximum absolute atomic E-state index is 11.9. The SMILES string of the molecule is CC1(C)C2C(=O)N(C(C)(C)C)C(=O)[C@H]21. The maximum Gasteiger partial charge on any atom is 0.234 e. The van der Waals surface area contributed by atoms with Crippen molar-refractivity contribution in [1.82, 2.24) is 4.90 Å². The molecule has 1 aliphatic heterocycles. The second-order valence-corrected chi connectivity index (χ2v) is 5.96. The predicted molar refractivity (Wildman–Crippen MR) is 52.4 cm³/mol. The van der Waals surface area contributed by atoms with Crippen molar-refractivity contribution in [1.29, 1.82) is 0 Å². The van der Waals surface area contributed by atoms with Gasteiger partial charge in [-0.2, -0.15) is 0 Å². The topological polar surface area (TPSA) is 37.4 Å². The summed E-state index contributed by atoms with van der Waals surface area (Å²) in [5.41, 5.74) is -0.451. The maximum atomic E-state index is 11.9. The first kappa shape index (κ1) is 9.69. The summed E-state index contributed by atoms with van der Waals surface area (Å²) in [4.78, 5) is 25.3. The molecule has 0 aromatic carbocycles. The molecule has 1 aliphatic carbocycles. The summed E-state index contributed by atoms with van der Waals surface area (Å²) in [6.07, 6.45) is 0. The zero-order valence-electron chi connectivity index (χ0n) is 9.42. The highest BCUT2D eigenvalue weighted by Crippen LogP contribution is 2.64. The summed E-state index contributed by atoms with van der Waals surface area (Å²) in [7, 11) is 0. The molecule has 0 spiro atoms. The van der Waals surface area contributed by atoms with E-state index in [-0.39, 0.29) is 34.6 Å². The minimum atomic E-state index is -0.363. The average Bonchev–Trinajstić information content (AvgIpc) is 2.35. The van der Waals surface area contributed by atoms with E-state index < -0.39 is 0 Å². The molecule has 2 fully saturated rings. The second kappa shape index (κ2) is 2.20. The van der Waals surface area contributed by atoms with E-state index in [1.165, 1.54) is 4.90 Å². The predicted octanol–water partition coefficient (Wildman–Crippen LogP) is 1.43. The Bertz CT molecular complexity index is 301. The molecule has 0 radical (unpaired) electrons. The molecular weight excluding hydrogens is 178 g/mol. The van der Waals surface area contributed by atoms with Crippen LogP contribution < -0.4 is 0 Å². The van der Waals surface area contributed by atoms with Crippen LogP contribution in [0, 0.1) is 17.3 Å². The molecule has 14 heavy (non-hydrogen) atoms. The lowest BCUT2D eigenvalue weighted by atomic mass is 10.0. The molecule has 1 saturated heterocycles. The molecule has 78 valence electrons. The number of rotatable bonds is 0. The highest BCUT2D eigenvalue weighted by atomic mass is 16.2. The quantitative estimate of drug-likeness (QED) is 0.548. The third kappa shape index (κ3) is 0.928. The summed E-state index contributed by atoms with van der Waals surface area (Å²) in [5, 5.41) is 0. The Morgan fingerprint density at radius 3 is 1.71 bits per heavy atom. The molecule has 1 saturated carbocycles. The number of carbonyl (C=O) groups is 2. The van der Waals surface area contributed by atoms with Crippen LogP contribution in [0.5, 0.6) is 0 Å². The lowest BCUT2D eigenvalue weighted by molar-refractivity contribution is -0.148. The molecule has 0 N–H and O–H groups in total. The molecule has 3 heteroatoms. The lowest BCUT2D eigenvalue weighted by Gasteiger charge is -2.32. The molecule has 0 aromatic rings. The van der Waals surface area contributed by atoms with Gasteiger partial charge in [0.1, 0.15) is 0 Å². The summed E-state index contributed by atoms with van der Waals surface area (Å²) in [6, 6.07) is 0. The number of fused-ring (bicyclic) bond motifs is 1. The van der Waals surface area contributed by atoms with Gasteiger partial charge in [0.2, 0.25) is 11.8 Å². The third-order valence-electron chi connectivity index (χ3n) is 3.47. The van der Waals surface area contributed by atoms with Crippen molar-refractivity contribution >= 4 is 11.8 Å². The Labute approximate surface area is 84.5 Å². The van der Waals surface area contributed by atoms with Gasteiger partial charge in [0.15, 0.2) is 0 Å². The molecule has 1 heterocycles. The number of carbonyl (C=O) groups excluding carboxylic acids is 2. The Hall–Kier alpha value is -0.860. The zero-order valence-corrected chi connectivity index (χ0v) is 9.42.